The smallest absolute Gasteiger partial charge is 0.228 e. The van der Waals surface area contributed by atoms with Gasteiger partial charge in [0.05, 0.1) is 15.9 Å². The molecule has 1 aliphatic heterocycles. The monoisotopic (exact) mass is 278 g/mol. The van der Waals surface area contributed by atoms with Crippen LogP contribution in [0.5, 0.6) is 0 Å². The number of aromatic nitrogens is 1. The minimum absolute atomic E-state index is 0.0439. The van der Waals surface area contributed by atoms with Gasteiger partial charge in [-0.25, -0.2) is 9.37 Å². The van der Waals surface area contributed by atoms with E-state index in [1.165, 1.54) is 6.07 Å². The van der Waals surface area contributed by atoms with E-state index in [2.05, 4.69) is 4.98 Å². The van der Waals surface area contributed by atoms with E-state index in [0.717, 1.165) is 6.42 Å². The molecule has 1 aliphatic rings. The first kappa shape index (κ1) is 12.4. The minimum atomic E-state index is -0.391. The van der Waals surface area contributed by atoms with Gasteiger partial charge in [0.25, 0.3) is 0 Å². The Balaban J connectivity index is 2.27. The molecule has 19 heavy (non-hydrogen) atoms. The fraction of sp³-hybridized carbons (Fsp3) is 0.286. The zero-order valence-electron chi connectivity index (χ0n) is 10.4. The lowest BCUT2D eigenvalue weighted by molar-refractivity contribution is -0.117. The summed E-state index contributed by atoms with van der Waals surface area (Å²) in [5.41, 5.74) is 1.12. The van der Waals surface area contributed by atoms with Crippen LogP contribution in [-0.4, -0.2) is 17.4 Å². The maximum absolute atomic E-state index is 13.8. The summed E-state index contributed by atoms with van der Waals surface area (Å²) in [6.45, 7) is 2.41. The molecule has 1 fully saturated rings. The molecule has 2 aromatic rings. The van der Waals surface area contributed by atoms with Crippen molar-refractivity contribution in [1.82, 2.24) is 4.98 Å². The Morgan fingerprint density at radius 2 is 2.21 bits per heavy atom. The summed E-state index contributed by atoms with van der Waals surface area (Å²) in [7, 11) is 0. The van der Waals surface area contributed by atoms with Gasteiger partial charge in [-0.3, -0.25) is 9.69 Å². The molecule has 0 saturated carbocycles. The van der Waals surface area contributed by atoms with Crippen LogP contribution in [0.25, 0.3) is 10.9 Å². The average molecular weight is 279 g/mol. The number of hydrogen-bond donors (Lipinski definition) is 0. The minimum Gasteiger partial charge on any atom is -0.297 e. The highest BCUT2D eigenvalue weighted by atomic mass is 35.5. The van der Waals surface area contributed by atoms with Gasteiger partial charge in [-0.15, -0.1) is 0 Å². The van der Waals surface area contributed by atoms with Gasteiger partial charge in [-0.2, -0.15) is 0 Å². The first-order chi connectivity index (χ1) is 9.09. The van der Waals surface area contributed by atoms with E-state index in [1.54, 1.807) is 24.0 Å². The summed E-state index contributed by atoms with van der Waals surface area (Å²) in [6, 6.07) is 4.65. The number of pyridine rings is 1. The zero-order chi connectivity index (χ0) is 13.6. The number of rotatable bonds is 1. The molecule has 98 valence electrons. The number of hydrogen-bond acceptors (Lipinski definition) is 2. The van der Waals surface area contributed by atoms with Crippen LogP contribution < -0.4 is 4.90 Å². The highest BCUT2D eigenvalue weighted by Gasteiger charge is 2.26. The summed E-state index contributed by atoms with van der Waals surface area (Å²) < 4.78 is 13.8. The lowest BCUT2D eigenvalue weighted by Gasteiger charge is -2.19. The van der Waals surface area contributed by atoms with Crippen LogP contribution >= 0.6 is 11.6 Å². The fourth-order valence-electron chi connectivity index (χ4n) is 2.44. The largest absolute Gasteiger partial charge is 0.297 e. The molecule has 0 unspecified atom stereocenters. The number of anilines is 1. The molecule has 0 radical (unpaired) electrons. The van der Waals surface area contributed by atoms with Crippen LogP contribution in [0.1, 0.15) is 18.4 Å². The number of amides is 1. The van der Waals surface area contributed by atoms with Gasteiger partial charge in [0.1, 0.15) is 11.6 Å². The Bertz CT molecular complexity index is 687. The predicted octanol–water partition coefficient (Wildman–Crippen LogP) is 3.46. The van der Waals surface area contributed by atoms with Gasteiger partial charge < -0.3 is 0 Å². The Kier molecular flexibility index (Phi) is 2.90. The number of carbonyl (C=O) groups is 1. The van der Waals surface area contributed by atoms with Crippen LogP contribution in [0.15, 0.2) is 18.2 Å². The quantitative estimate of drug-likeness (QED) is 0.800. The standard InChI is InChI=1S/C14H12ClFN2O/c1-8-13(15)12-9(16)4-2-5-10(12)17-14(8)18-7-3-6-11(18)19/h2,4-5H,3,6-7H2,1H3. The summed E-state index contributed by atoms with van der Waals surface area (Å²) in [5, 5.41) is 0.648. The fourth-order valence-corrected chi connectivity index (χ4v) is 2.71. The molecule has 1 aromatic carbocycles. The number of carbonyl (C=O) groups excluding carboxylic acids is 1. The SMILES string of the molecule is Cc1c(N2CCCC2=O)nc2cccc(F)c2c1Cl. The van der Waals surface area contributed by atoms with E-state index in [0.29, 0.717) is 40.3 Å². The van der Waals surface area contributed by atoms with E-state index in [4.69, 9.17) is 11.6 Å². The molecule has 0 bridgehead atoms. The zero-order valence-corrected chi connectivity index (χ0v) is 11.2. The van der Waals surface area contributed by atoms with E-state index in [-0.39, 0.29) is 5.91 Å². The summed E-state index contributed by atoms with van der Waals surface area (Å²) in [5.74, 6) is 0.199. The molecule has 3 nitrogen and oxygen atoms in total. The maximum atomic E-state index is 13.8. The van der Waals surface area contributed by atoms with Gasteiger partial charge in [0.2, 0.25) is 5.91 Å². The molecule has 1 saturated heterocycles. The summed E-state index contributed by atoms with van der Waals surface area (Å²) in [4.78, 5) is 17.9. The number of halogens is 2. The first-order valence-corrected chi connectivity index (χ1v) is 6.52. The molecule has 0 atom stereocenters. The Morgan fingerprint density at radius 3 is 2.89 bits per heavy atom. The second-order valence-electron chi connectivity index (χ2n) is 4.66. The second-order valence-corrected chi connectivity index (χ2v) is 5.04. The molecule has 2 heterocycles. The third-order valence-corrected chi connectivity index (χ3v) is 3.90. The van der Waals surface area contributed by atoms with E-state index in [9.17, 15) is 9.18 Å². The van der Waals surface area contributed by atoms with Crippen LogP contribution in [-0.2, 0) is 4.79 Å². The molecule has 0 spiro atoms. The molecule has 5 heteroatoms. The highest BCUT2D eigenvalue weighted by Crippen LogP contribution is 2.34. The van der Waals surface area contributed by atoms with Crippen LogP contribution in [0.3, 0.4) is 0 Å². The van der Waals surface area contributed by atoms with Gasteiger partial charge >= 0.3 is 0 Å². The Hall–Kier alpha value is -1.68. The van der Waals surface area contributed by atoms with E-state index >= 15 is 0 Å². The number of nitrogens with zero attached hydrogens (tertiary/aromatic N) is 2. The van der Waals surface area contributed by atoms with E-state index < -0.39 is 5.82 Å². The van der Waals surface area contributed by atoms with Crippen molar-refractivity contribution >= 4 is 34.2 Å². The average Bonchev–Trinajstić information content (AvgIpc) is 2.80. The Morgan fingerprint density at radius 1 is 1.42 bits per heavy atom. The lowest BCUT2D eigenvalue weighted by Crippen LogP contribution is -2.25. The highest BCUT2D eigenvalue weighted by molar-refractivity contribution is 6.36. The van der Waals surface area contributed by atoms with Crippen molar-refractivity contribution in [3.05, 3.63) is 34.6 Å². The third kappa shape index (κ3) is 1.87. The van der Waals surface area contributed by atoms with Crippen molar-refractivity contribution in [1.29, 1.82) is 0 Å². The molecule has 3 rings (SSSR count). The van der Waals surface area contributed by atoms with Crippen molar-refractivity contribution in [3.8, 4) is 0 Å². The Labute approximate surface area is 115 Å². The van der Waals surface area contributed by atoms with Crippen LogP contribution in [0.4, 0.5) is 10.2 Å². The van der Waals surface area contributed by atoms with Crippen molar-refractivity contribution in [2.24, 2.45) is 0 Å². The van der Waals surface area contributed by atoms with Gasteiger partial charge in [0.15, 0.2) is 0 Å². The number of fused-ring (bicyclic) bond motifs is 1. The molecule has 0 aliphatic carbocycles. The normalized spacial score (nSPS) is 15.5. The maximum Gasteiger partial charge on any atom is 0.228 e. The van der Waals surface area contributed by atoms with Crippen LogP contribution in [0, 0.1) is 12.7 Å². The first-order valence-electron chi connectivity index (χ1n) is 6.14. The van der Waals surface area contributed by atoms with Crippen molar-refractivity contribution in [3.63, 3.8) is 0 Å². The lowest BCUT2D eigenvalue weighted by atomic mass is 10.1. The third-order valence-electron chi connectivity index (χ3n) is 3.43. The predicted molar refractivity (Wildman–Crippen MR) is 73.0 cm³/mol. The topological polar surface area (TPSA) is 33.2 Å². The van der Waals surface area contributed by atoms with Crippen molar-refractivity contribution < 1.29 is 9.18 Å². The molecule has 0 N–H and O–H groups in total. The second kappa shape index (κ2) is 4.46. The molecular formula is C14H12ClFN2O. The van der Waals surface area contributed by atoms with E-state index in [1.807, 2.05) is 0 Å². The van der Waals surface area contributed by atoms with Gasteiger partial charge in [0, 0.05) is 18.5 Å². The van der Waals surface area contributed by atoms with Crippen molar-refractivity contribution in [2.45, 2.75) is 19.8 Å². The number of benzene rings is 1. The molecule has 1 amide bonds. The van der Waals surface area contributed by atoms with Gasteiger partial charge in [-0.1, -0.05) is 17.7 Å². The van der Waals surface area contributed by atoms with Gasteiger partial charge in [-0.05, 0) is 25.5 Å². The summed E-state index contributed by atoms with van der Waals surface area (Å²) in [6.07, 6.45) is 1.35. The summed E-state index contributed by atoms with van der Waals surface area (Å²) >= 11 is 6.24. The van der Waals surface area contributed by atoms with Crippen molar-refractivity contribution in [2.75, 3.05) is 11.4 Å². The van der Waals surface area contributed by atoms with Crippen LogP contribution in [0.2, 0.25) is 5.02 Å². The molecular weight excluding hydrogens is 267 g/mol. The molecule has 1 aromatic heterocycles.